The molecule has 2 aliphatic carbocycles. The molecule has 0 nitrogen and oxygen atoms in total. The summed E-state index contributed by atoms with van der Waals surface area (Å²) in [4.78, 5) is 0. The molecule has 1 aromatic carbocycles. The predicted molar refractivity (Wildman–Crippen MR) is 73.8 cm³/mol. The summed E-state index contributed by atoms with van der Waals surface area (Å²) in [6.45, 7) is 4.55. The van der Waals surface area contributed by atoms with Gasteiger partial charge in [0.15, 0.2) is 0 Å². The molecule has 0 radical (unpaired) electrons. The molecule has 2 aliphatic rings. The fourth-order valence-corrected chi connectivity index (χ4v) is 2.97. The average molecular weight is 222 g/mol. The summed E-state index contributed by atoms with van der Waals surface area (Å²) in [6.07, 6.45) is 8.16. The van der Waals surface area contributed by atoms with Gasteiger partial charge < -0.3 is 0 Å². The second-order valence-electron chi connectivity index (χ2n) is 5.12. The van der Waals surface area contributed by atoms with E-state index >= 15 is 0 Å². The highest BCUT2D eigenvalue weighted by atomic mass is 14.3. The number of allylic oxidation sites excluding steroid dienone is 6. The van der Waals surface area contributed by atoms with Crippen molar-refractivity contribution >= 4 is 5.57 Å². The molecule has 86 valence electrons. The van der Waals surface area contributed by atoms with Crippen molar-refractivity contribution in [2.24, 2.45) is 0 Å². The maximum Gasteiger partial charge on any atom is -0.00543 e. The van der Waals surface area contributed by atoms with Crippen molar-refractivity contribution in [2.45, 2.75) is 33.1 Å². The van der Waals surface area contributed by atoms with Gasteiger partial charge in [0.2, 0.25) is 0 Å². The Balaban J connectivity index is 2.15. The molecule has 0 aliphatic heterocycles. The highest BCUT2D eigenvalue weighted by Gasteiger charge is 2.21. The third-order valence-corrected chi connectivity index (χ3v) is 3.87. The molecule has 17 heavy (non-hydrogen) atoms. The van der Waals surface area contributed by atoms with Crippen molar-refractivity contribution in [2.75, 3.05) is 0 Å². The molecule has 3 rings (SSSR count). The smallest absolute Gasteiger partial charge is 0.00543 e. The van der Waals surface area contributed by atoms with Crippen LogP contribution in [0.15, 0.2) is 53.1 Å². The van der Waals surface area contributed by atoms with Crippen LogP contribution in [-0.4, -0.2) is 0 Å². The monoisotopic (exact) mass is 222 g/mol. The van der Waals surface area contributed by atoms with Crippen LogP contribution in [0.4, 0.5) is 0 Å². The number of hydrogen-bond donors (Lipinski definition) is 0. The number of rotatable bonds is 1. The highest BCUT2D eigenvalue weighted by molar-refractivity contribution is 5.89. The van der Waals surface area contributed by atoms with E-state index in [2.05, 4.69) is 50.3 Å². The largest absolute Gasteiger partial charge is 0.0836 e. The molecule has 0 saturated carbocycles. The van der Waals surface area contributed by atoms with Crippen LogP contribution in [0.2, 0.25) is 0 Å². The first-order chi connectivity index (χ1) is 8.27. The van der Waals surface area contributed by atoms with E-state index in [0.717, 1.165) is 6.42 Å². The van der Waals surface area contributed by atoms with E-state index in [-0.39, 0.29) is 0 Å². The van der Waals surface area contributed by atoms with Crippen molar-refractivity contribution < 1.29 is 0 Å². The van der Waals surface area contributed by atoms with Gasteiger partial charge in [-0.15, -0.1) is 0 Å². The number of fused-ring (bicyclic) bond motifs is 1. The Bertz CT molecular complexity index is 553. The van der Waals surface area contributed by atoms with Crippen LogP contribution < -0.4 is 0 Å². The normalized spacial score (nSPS) is 18.9. The minimum absolute atomic E-state index is 1.12. The van der Waals surface area contributed by atoms with Crippen molar-refractivity contribution in [3.05, 3.63) is 64.3 Å². The maximum absolute atomic E-state index is 2.32. The first-order valence-corrected chi connectivity index (χ1v) is 6.42. The minimum Gasteiger partial charge on any atom is -0.0836 e. The maximum atomic E-state index is 2.32. The summed E-state index contributed by atoms with van der Waals surface area (Å²) in [5, 5.41) is 0. The zero-order valence-corrected chi connectivity index (χ0v) is 10.6. The molecule has 0 spiro atoms. The summed E-state index contributed by atoms with van der Waals surface area (Å²) in [5.74, 6) is 0. The molecule has 0 N–H and O–H groups in total. The molecule has 0 fully saturated rings. The first kappa shape index (κ1) is 10.6. The summed E-state index contributed by atoms with van der Waals surface area (Å²) in [7, 11) is 0. The van der Waals surface area contributed by atoms with Gasteiger partial charge in [-0.05, 0) is 55.4 Å². The van der Waals surface area contributed by atoms with Crippen LogP contribution in [-0.2, 0) is 6.42 Å². The van der Waals surface area contributed by atoms with Gasteiger partial charge in [-0.25, -0.2) is 0 Å². The fraction of sp³-hybridized carbons (Fsp3) is 0.294. The number of hydrogen-bond acceptors (Lipinski definition) is 0. The van der Waals surface area contributed by atoms with Gasteiger partial charge in [-0.3, -0.25) is 0 Å². The second-order valence-corrected chi connectivity index (χ2v) is 5.12. The lowest BCUT2D eigenvalue weighted by molar-refractivity contribution is 0.950. The Kier molecular flexibility index (Phi) is 2.51. The van der Waals surface area contributed by atoms with Gasteiger partial charge in [-0.2, -0.15) is 0 Å². The second kappa shape index (κ2) is 4.03. The lowest BCUT2D eigenvalue weighted by Gasteiger charge is -2.16. The van der Waals surface area contributed by atoms with Crippen molar-refractivity contribution in [3.63, 3.8) is 0 Å². The van der Waals surface area contributed by atoms with Crippen LogP contribution in [0.3, 0.4) is 0 Å². The Morgan fingerprint density at radius 1 is 1.00 bits per heavy atom. The van der Waals surface area contributed by atoms with Crippen molar-refractivity contribution in [1.29, 1.82) is 0 Å². The lowest BCUT2D eigenvalue weighted by Crippen LogP contribution is -1.95. The Hall–Kier alpha value is -1.56. The third-order valence-electron chi connectivity index (χ3n) is 3.87. The predicted octanol–water partition coefficient (Wildman–Crippen LogP) is 4.68. The van der Waals surface area contributed by atoms with E-state index in [4.69, 9.17) is 0 Å². The van der Waals surface area contributed by atoms with Crippen LogP contribution in [0, 0.1) is 0 Å². The topological polar surface area (TPSA) is 0 Å². The van der Waals surface area contributed by atoms with Gasteiger partial charge >= 0.3 is 0 Å². The summed E-state index contributed by atoms with van der Waals surface area (Å²) in [6, 6.07) is 8.82. The average Bonchev–Trinajstić information content (AvgIpc) is 2.66. The zero-order valence-electron chi connectivity index (χ0n) is 10.6. The van der Waals surface area contributed by atoms with Gasteiger partial charge in [0, 0.05) is 0 Å². The molecular formula is C17H18. The van der Waals surface area contributed by atoms with Gasteiger partial charge in [0.1, 0.15) is 0 Å². The van der Waals surface area contributed by atoms with E-state index in [9.17, 15) is 0 Å². The van der Waals surface area contributed by atoms with Crippen LogP contribution >= 0.6 is 0 Å². The summed E-state index contributed by atoms with van der Waals surface area (Å²) >= 11 is 0. The Labute approximate surface area is 103 Å². The highest BCUT2D eigenvalue weighted by Crippen LogP contribution is 2.40. The molecule has 0 heteroatoms. The minimum atomic E-state index is 1.12. The molecule has 0 bridgehead atoms. The fourth-order valence-electron chi connectivity index (χ4n) is 2.97. The van der Waals surface area contributed by atoms with E-state index < -0.39 is 0 Å². The molecule has 0 heterocycles. The molecular weight excluding hydrogens is 204 g/mol. The Morgan fingerprint density at radius 2 is 1.82 bits per heavy atom. The van der Waals surface area contributed by atoms with E-state index in [0.29, 0.717) is 0 Å². The standard InChI is InChI=1S/C17H18/c1-12-7-3-5-9-15(12)17-13(2)11-14-8-4-6-10-16(14)17/h4-6,8-10H,3,7,11H2,1-2H3. The molecule has 0 saturated heterocycles. The summed E-state index contributed by atoms with van der Waals surface area (Å²) in [5.41, 5.74) is 8.96. The number of benzene rings is 1. The molecule has 0 unspecified atom stereocenters. The van der Waals surface area contributed by atoms with Crippen LogP contribution in [0.5, 0.6) is 0 Å². The quantitative estimate of drug-likeness (QED) is 0.647. The van der Waals surface area contributed by atoms with Crippen molar-refractivity contribution in [3.8, 4) is 0 Å². The molecule has 1 aromatic rings. The van der Waals surface area contributed by atoms with Crippen molar-refractivity contribution in [1.82, 2.24) is 0 Å². The molecule has 0 aromatic heterocycles. The van der Waals surface area contributed by atoms with Crippen LogP contribution in [0.25, 0.3) is 5.57 Å². The van der Waals surface area contributed by atoms with Gasteiger partial charge in [0.05, 0.1) is 0 Å². The van der Waals surface area contributed by atoms with Gasteiger partial charge in [-0.1, -0.05) is 47.6 Å². The lowest BCUT2D eigenvalue weighted by atomic mass is 9.89. The Morgan fingerprint density at radius 3 is 2.65 bits per heavy atom. The van der Waals surface area contributed by atoms with E-state index in [1.807, 2.05) is 0 Å². The molecule has 0 atom stereocenters. The van der Waals surface area contributed by atoms with Gasteiger partial charge in [0.25, 0.3) is 0 Å². The van der Waals surface area contributed by atoms with Crippen LogP contribution in [0.1, 0.15) is 37.8 Å². The third kappa shape index (κ3) is 1.68. The van der Waals surface area contributed by atoms with E-state index in [1.165, 1.54) is 40.7 Å². The first-order valence-electron chi connectivity index (χ1n) is 6.42. The summed E-state index contributed by atoms with van der Waals surface area (Å²) < 4.78 is 0. The zero-order chi connectivity index (χ0) is 11.8. The van der Waals surface area contributed by atoms with E-state index in [1.54, 1.807) is 5.57 Å². The molecule has 0 amide bonds. The SMILES string of the molecule is CC1=C(C2=C(C)Cc3ccccc32)C=CCC1.